The summed E-state index contributed by atoms with van der Waals surface area (Å²) < 4.78 is 0. The molecule has 5 nitrogen and oxygen atoms in total. The molecule has 21 heavy (non-hydrogen) atoms. The maximum atomic E-state index is 11.8. The minimum absolute atomic E-state index is 0. The van der Waals surface area contributed by atoms with Crippen LogP contribution in [0.1, 0.15) is 18.4 Å². The number of halogens is 1. The molecule has 0 radical (unpaired) electrons. The Hall–Kier alpha value is -1.59. The Morgan fingerprint density at radius 2 is 1.86 bits per heavy atom. The highest BCUT2D eigenvalue weighted by atomic mass is 35.5. The predicted molar refractivity (Wildman–Crippen MR) is 84.1 cm³/mol. The Morgan fingerprint density at radius 3 is 2.43 bits per heavy atom. The van der Waals surface area contributed by atoms with E-state index in [2.05, 4.69) is 22.8 Å². The third-order valence-corrected chi connectivity index (χ3v) is 3.47. The van der Waals surface area contributed by atoms with Crippen LogP contribution in [0.5, 0.6) is 0 Å². The number of carbonyl (C=O) groups excluding carboxylic acids is 2. The van der Waals surface area contributed by atoms with E-state index in [-0.39, 0.29) is 43.4 Å². The lowest BCUT2D eigenvalue weighted by atomic mass is 10.0. The van der Waals surface area contributed by atoms with Crippen molar-refractivity contribution in [2.24, 2.45) is 11.7 Å². The van der Waals surface area contributed by atoms with Gasteiger partial charge in [0.05, 0.1) is 13.1 Å². The number of rotatable bonds is 7. The van der Waals surface area contributed by atoms with Gasteiger partial charge >= 0.3 is 0 Å². The second-order valence-electron chi connectivity index (χ2n) is 5.18. The Morgan fingerprint density at radius 1 is 1.19 bits per heavy atom. The first-order valence-electron chi connectivity index (χ1n) is 6.99. The van der Waals surface area contributed by atoms with Gasteiger partial charge in [-0.2, -0.15) is 0 Å². The zero-order chi connectivity index (χ0) is 14.4. The molecule has 0 spiro atoms. The first-order chi connectivity index (χ1) is 9.69. The fourth-order valence-electron chi connectivity index (χ4n) is 2.21. The van der Waals surface area contributed by atoms with E-state index < -0.39 is 0 Å². The quantitative estimate of drug-likeness (QED) is 0.690. The zero-order valence-corrected chi connectivity index (χ0v) is 12.7. The smallest absolute Gasteiger partial charge is 0.239 e. The normalized spacial score (nSPS) is 14.7. The Labute approximate surface area is 131 Å². The van der Waals surface area contributed by atoms with Crippen molar-refractivity contribution in [3.63, 3.8) is 0 Å². The molecule has 0 bridgehead atoms. The highest BCUT2D eigenvalue weighted by Gasteiger charge is 2.32. The number of hydrogen-bond donors (Lipinski definition) is 3. The second kappa shape index (κ2) is 8.64. The summed E-state index contributed by atoms with van der Waals surface area (Å²) in [6.45, 7) is -0.0998. The predicted octanol–water partition coefficient (Wildman–Crippen LogP) is 0.621. The minimum Gasteiger partial charge on any atom is -0.351 e. The van der Waals surface area contributed by atoms with Crippen LogP contribution in [0.2, 0.25) is 0 Å². The number of nitrogens with two attached hydrogens (primary N) is 1. The van der Waals surface area contributed by atoms with Crippen LogP contribution >= 0.6 is 12.4 Å². The summed E-state index contributed by atoms with van der Waals surface area (Å²) in [5.74, 6) is 0.0928. The van der Waals surface area contributed by atoms with Gasteiger partial charge in [0.25, 0.3) is 0 Å². The van der Waals surface area contributed by atoms with E-state index in [0.29, 0.717) is 5.92 Å². The summed E-state index contributed by atoms with van der Waals surface area (Å²) >= 11 is 0. The van der Waals surface area contributed by atoms with Gasteiger partial charge in [0.15, 0.2) is 0 Å². The highest BCUT2D eigenvalue weighted by molar-refractivity contribution is 5.85. The van der Waals surface area contributed by atoms with Gasteiger partial charge in [0.1, 0.15) is 0 Å². The molecule has 2 rings (SSSR count). The standard InChI is InChI=1S/C15H21N3O2.ClH/c16-9-14(19)17-10-15(20)18-13(12-6-7-12)8-11-4-2-1-3-5-11;/h1-5,12-13H,6-10,16H2,(H,17,19)(H,18,20);1H. The monoisotopic (exact) mass is 311 g/mol. The summed E-state index contributed by atoms with van der Waals surface area (Å²) in [6, 6.07) is 10.3. The molecule has 6 heteroatoms. The molecule has 2 amide bonds. The molecule has 0 aliphatic heterocycles. The van der Waals surface area contributed by atoms with Gasteiger partial charge < -0.3 is 16.4 Å². The lowest BCUT2D eigenvalue weighted by Crippen LogP contribution is -2.44. The average molecular weight is 312 g/mol. The molecule has 1 aliphatic carbocycles. The molecular formula is C15H22ClN3O2. The average Bonchev–Trinajstić information content (AvgIpc) is 3.29. The number of nitrogens with one attached hydrogen (secondary N) is 2. The summed E-state index contributed by atoms with van der Waals surface area (Å²) in [5, 5.41) is 5.50. The Bertz CT molecular complexity index is 463. The topological polar surface area (TPSA) is 84.2 Å². The first-order valence-corrected chi connectivity index (χ1v) is 6.99. The largest absolute Gasteiger partial charge is 0.351 e. The molecule has 1 aromatic rings. The Kier molecular flexibility index (Phi) is 7.19. The lowest BCUT2D eigenvalue weighted by molar-refractivity contribution is -0.125. The minimum atomic E-state index is -0.314. The molecule has 1 atom stereocenters. The lowest BCUT2D eigenvalue weighted by Gasteiger charge is -2.18. The van der Waals surface area contributed by atoms with Crippen LogP contribution in [0, 0.1) is 5.92 Å². The summed E-state index contributed by atoms with van der Waals surface area (Å²) in [4.78, 5) is 22.9. The zero-order valence-electron chi connectivity index (χ0n) is 11.9. The van der Waals surface area contributed by atoms with Crippen molar-refractivity contribution in [2.45, 2.75) is 25.3 Å². The molecule has 1 unspecified atom stereocenters. The first kappa shape index (κ1) is 17.5. The molecular weight excluding hydrogens is 290 g/mol. The van der Waals surface area contributed by atoms with Crippen molar-refractivity contribution in [1.29, 1.82) is 0 Å². The van der Waals surface area contributed by atoms with Crippen molar-refractivity contribution in [3.8, 4) is 0 Å². The van der Waals surface area contributed by atoms with Gasteiger partial charge in [-0.15, -0.1) is 12.4 Å². The van der Waals surface area contributed by atoms with Crippen molar-refractivity contribution in [1.82, 2.24) is 10.6 Å². The maximum absolute atomic E-state index is 11.8. The van der Waals surface area contributed by atoms with Crippen LogP contribution in [-0.4, -0.2) is 30.9 Å². The van der Waals surface area contributed by atoms with E-state index in [4.69, 9.17) is 5.73 Å². The van der Waals surface area contributed by atoms with E-state index in [9.17, 15) is 9.59 Å². The van der Waals surface area contributed by atoms with Gasteiger partial charge in [-0.3, -0.25) is 9.59 Å². The molecule has 1 aliphatic rings. The third-order valence-electron chi connectivity index (χ3n) is 3.47. The van der Waals surface area contributed by atoms with Crippen LogP contribution in [0.4, 0.5) is 0 Å². The summed E-state index contributed by atoms with van der Waals surface area (Å²) in [7, 11) is 0. The highest BCUT2D eigenvalue weighted by Crippen LogP contribution is 2.34. The molecule has 1 saturated carbocycles. The SMILES string of the molecule is Cl.NCC(=O)NCC(=O)NC(Cc1ccccc1)C1CC1. The van der Waals surface area contributed by atoms with Crippen LogP contribution in [0.3, 0.4) is 0 Å². The number of amides is 2. The van der Waals surface area contributed by atoms with E-state index >= 15 is 0 Å². The van der Waals surface area contributed by atoms with Gasteiger partial charge in [0, 0.05) is 6.04 Å². The van der Waals surface area contributed by atoms with Crippen LogP contribution in [-0.2, 0) is 16.0 Å². The maximum Gasteiger partial charge on any atom is 0.239 e. The number of carbonyl (C=O) groups is 2. The van der Waals surface area contributed by atoms with Gasteiger partial charge in [0.2, 0.25) is 11.8 Å². The molecule has 116 valence electrons. The van der Waals surface area contributed by atoms with Crippen molar-refractivity contribution in [3.05, 3.63) is 35.9 Å². The molecule has 0 heterocycles. The van der Waals surface area contributed by atoms with E-state index in [1.165, 1.54) is 5.56 Å². The van der Waals surface area contributed by atoms with Crippen molar-refractivity contribution >= 4 is 24.2 Å². The van der Waals surface area contributed by atoms with Crippen molar-refractivity contribution < 1.29 is 9.59 Å². The fourth-order valence-corrected chi connectivity index (χ4v) is 2.21. The van der Waals surface area contributed by atoms with Crippen LogP contribution < -0.4 is 16.4 Å². The van der Waals surface area contributed by atoms with Crippen molar-refractivity contribution in [2.75, 3.05) is 13.1 Å². The summed E-state index contributed by atoms with van der Waals surface area (Å²) in [5.41, 5.74) is 6.39. The van der Waals surface area contributed by atoms with Crippen LogP contribution in [0.15, 0.2) is 30.3 Å². The number of hydrogen-bond acceptors (Lipinski definition) is 3. The molecule has 1 fully saturated rings. The van der Waals surface area contributed by atoms with Gasteiger partial charge in [-0.1, -0.05) is 30.3 Å². The molecule has 4 N–H and O–H groups in total. The molecule has 0 aromatic heterocycles. The Balaban J connectivity index is 0.00000220. The third kappa shape index (κ3) is 6.14. The second-order valence-corrected chi connectivity index (χ2v) is 5.18. The van der Waals surface area contributed by atoms with Gasteiger partial charge in [-0.05, 0) is 30.7 Å². The fraction of sp³-hybridized carbons (Fsp3) is 0.467. The number of benzene rings is 1. The molecule has 1 aromatic carbocycles. The molecule has 0 saturated heterocycles. The van der Waals surface area contributed by atoms with E-state index in [1.807, 2.05) is 18.2 Å². The summed E-state index contributed by atoms with van der Waals surface area (Å²) in [6.07, 6.45) is 3.15. The van der Waals surface area contributed by atoms with E-state index in [1.54, 1.807) is 0 Å². The van der Waals surface area contributed by atoms with E-state index in [0.717, 1.165) is 19.3 Å². The van der Waals surface area contributed by atoms with Crippen LogP contribution in [0.25, 0.3) is 0 Å². The van der Waals surface area contributed by atoms with Gasteiger partial charge in [-0.25, -0.2) is 0 Å².